The number of carbonyl (C=O) groups is 2. The molecule has 0 bridgehead atoms. The van der Waals surface area contributed by atoms with Crippen molar-refractivity contribution in [3.63, 3.8) is 0 Å². The maximum Gasteiger partial charge on any atom is 0.331 e. The van der Waals surface area contributed by atoms with E-state index in [1.54, 1.807) is 6.08 Å². The lowest BCUT2D eigenvalue weighted by Gasteiger charge is -2.17. The van der Waals surface area contributed by atoms with Gasteiger partial charge < -0.3 is 9.84 Å². The average molecular weight is 288 g/mol. The number of aliphatic carboxylic acids is 1. The van der Waals surface area contributed by atoms with E-state index >= 15 is 0 Å². The van der Waals surface area contributed by atoms with Gasteiger partial charge in [-0.1, -0.05) is 24.3 Å². The molecule has 1 fully saturated rings. The molecular formula is C17H20O4. The van der Waals surface area contributed by atoms with Gasteiger partial charge in [0.1, 0.15) is 5.60 Å². The molecule has 0 heterocycles. The van der Waals surface area contributed by atoms with Crippen molar-refractivity contribution in [1.29, 1.82) is 0 Å². The summed E-state index contributed by atoms with van der Waals surface area (Å²) in [7, 11) is 0. The number of carboxylic acids is 1. The summed E-state index contributed by atoms with van der Waals surface area (Å²) in [4.78, 5) is 22.4. The Morgan fingerprint density at radius 2 is 1.86 bits per heavy atom. The topological polar surface area (TPSA) is 63.6 Å². The molecule has 1 aliphatic carbocycles. The molecule has 1 aromatic carbocycles. The minimum atomic E-state index is -0.728. The van der Waals surface area contributed by atoms with E-state index in [0.717, 1.165) is 11.1 Å². The first kappa shape index (κ1) is 15.3. The summed E-state index contributed by atoms with van der Waals surface area (Å²) in [6.07, 6.45) is 3.80. The molecule has 1 aliphatic rings. The second-order valence-electron chi connectivity index (χ2n) is 6.32. The zero-order valence-corrected chi connectivity index (χ0v) is 12.5. The van der Waals surface area contributed by atoms with E-state index in [4.69, 9.17) is 9.84 Å². The molecule has 0 aromatic heterocycles. The van der Waals surface area contributed by atoms with Crippen molar-refractivity contribution >= 4 is 18.0 Å². The Labute approximate surface area is 124 Å². The lowest BCUT2D eigenvalue weighted by atomic mass is 10.1. The number of carboxylic acid groups (broad SMARTS) is 1. The maximum absolute atomic E-state index is 11.6. The van der Waals surface area contributed by atoms with Gasteiger partial charge in [0, 0.05) is 6.08 Å². The predicted molar refractivity (Wildman–Crippen MR) is 79.8 cm³/mol. The highest BCUT2D eigenvalue weighted by atomic mass is 16.6. The molecule has 1 saturated carbocycles. The van der Waals surface area contributed by atoms with Gasteiger partial charge in [0.25, 0.3) is 0 Å². The standard InChI is InChI=1S/C17H20O4/c1-17(2,3)21-15(18)9-6-11-4-7-12(8-5-11)13-10-14(13)16(19)20/h4-9,13-14H,10H2,1-3H3,(H,19,20)/b9-6+. The number of rotatable bonds is 4. The highest BCUT2D eigenvalue weighted by Crippen LogP contribution is 2.47. The molecule has 21 heavy (non-hydrogen) atoms. The third-order valence-electron chi connectivity index (χ3n) is 3.29. The predicted octanol–water partition coefficient (Wildman–Crippen LogP) is 3.23. The minimum absolute atomic E-state index is 0.131. The molecule has 2 rings (SSSR count). The number of carbonyl (C=O) groups excluding carboxylic acids is 1. The van der Waals surface area contributed by atoms with Crippen molar-refractivity contribution in [2.45, 2.75) is 38.7 Å². The van der Waals surface area contributed by atoms with Gasteiger partial charge in [0.05, 0.1) is 5.92 Å². The summed E-state index contributed by atoms with van der Waals surface area (Å²) in [6, 6.07) is 7.60. The number of hydrogen-bond donors (Lipinski definition) is 1. The van der Waals surface area contributed by atoms with Crippen LogP contribution in [0.15, 0.2) is 30.3 Å². The first-order chi connectivity index (χ1) is 9.76. The number of benzene rings is 1. The molecule has 4 nitrogen and oxygen atoms in total. The fourth-order valence-corrected chi connectivity index (χ4v) is 2.19. The molecule has 0 aliphatic heterocycles. The van der Waals surface area contributed by atoms with Gasteiger partial charge in [-0.05, 0) is 50.3 Å². The van der Waals surface area contributed by atoms with Crippen LogP contribution >= 0.6 is 0 Å². The third-order valence-corrected chi connectivity index (χ3v) is 3.29. The highest BCUT2D eigenvalue weighted by Gasteiger charge is 2.43. The first-order valence-corrected chi connectivity index (χ1v) is 7.00. The smallest absolute Gasteiger partial charge is 0.331 e. The SMILES string of the molecule is CC(C)(C)OC(=O)/C=C/c1ccc(C2CC2C(=O)O)cc1. The van der Waals surface area contributed by atoms with E-state index in [2.05, 4.69) is 0 Å². The van der Waals surface area contributed by atoms with Crippen LogP contribution in [0.3, 0.4) is 0 Å². The average Bonchev–Trinajstić information content (AvgIpc) is 3.15. The van der Waals surface area contributed by atoms with Crippen molar-refractivity contribution in [2.24, 2.45) is 5.92 Å². The van der Waals surface area contributed by atoms with E-state index < -0.39 is 11.6 Å². The molecular weight excluding hydrogens is 268 g/mol. The van der Waals surface area contributed by atoms with Crippen LogP contribution in [0.2, 0.25) is 0 Å². The molecule has 2 atom stereocenters. The van der Waals surface area contributed by atoms with E-state index in [9.17, 15) is 9.59 Å². The second kappa shape index (κ2) is 5.72. The van der Waals surface area contributed by atoms with Crippen molar-refractivity contribution in [1.82, 2.24) is 0 Å². The Morgan fingerprint density at radius 1 is 1.24 bits per heavy atom. The van der Waals surface area contributed by atoms with Gasteiger partial charge in [-0.3, -0.25) is 4.79 Å². The minimum Gasteiger partial charge on any atom is -0.481 e. The van der Waals surface area contributed by atoms with Gasteiger partial charge in [-0.25, -0.2) is 4.79 Å². The molecule has 1 N–H and O–H groups in total. The Hall–Kier alpha value is -2.10. The zero-order valence-electron chi connectivity index (χ0n) is 12.5. The van der Waals surface area contributed by atoms with Gasteiger partial charge in [-0.15, -0.1) is 0 Å². The van der Waals surface area contributed by atoms with Crippen LogP contribution in [0.4, 0.5) is 0 Å². The van der Waals surface area contributed by atoms with Crippen LogP contribution in [0, 0.1) is 5.92 Å². The van der Waals surface area contributed by atoms with E-state index in [0.29, 0.717) is 6.42 Å². The molecule has 0 amide bonds. The largest absolute Gasteiger partial charge is 0.481 e. The Bertz CT molecular complexity index is 563. The summed E-state index contributed by atoms with van der Waals surface area (Å²) in [5.41, 5.74) is 1.43. The summed E-state index contributed by atoms with van der Waals surface area (Å²) in [5.74, 6) is -1.21. The first-order valence-electron chi connectivity index (χ1n) is 7.00. The van der Waals surface area contributed by atoms with Crippen LogP contribution in [-0.2, 0) is 14.3 Å². The number of hydrogen-bond acceptors (Lipinski definition) is 3. The second-order valence-corrected chi connectivity index (χ2v) is 6.32. The maximum atomic E-state index is 11.6. The fourth-order valence-electron chi connectivity index (χ4n) is 2.19. The van der Waals surface area contributed by atoms with Crippen molar-refractivity contribution in [3.05, 3.63) is 41.5 Å². The quantitative estimate of drug-likeness (QED) is 0.682. The molecule has 112 valence electrons. The van der Waals surface area contributed by atoms with Crippen molar-refractivity contribution in [3.8, 4) is 0 Å². The Morgan fingerprint density at radius 3 is 2.33 bits per heavy atom. The normalized spacial score (nSPS) is 21.3. The molecule has 0 spiro atoms. The van der Waals surface area contributed by atoms with Crippen LogP contribution < -0.4 is 0 Å². The molecule has 0 radical (unpaired) electrons. The lowest BCUT2D eigenvalue weighted by Crippen LogP contribution is -2.22. The number of esters is 1. The van der Waals surface area contributed by atoms with E-state index in [1.807, 2.05) is 45.0 Å². The van der Waals surface area contributed by atoms with E-state index in [-0.39, 0.29) is 17.8 Å². The third kappa shape index (κ3) is 4.45. The van der Waals surface area contributed by atoms with Gasteiger partial charge >= 0.3 is 11.9 Å². The van der Waals surface area contributed by atoms with E-state index in [1.165, 1.54) is 6.08 Å². The monoisotopic (exact) mass is 288 g/mol. The molecule has 0 saturated heterocycles. The summed E-state index contributed by atoms with van der Waals surface area (Å²) in [5, 5.41) is 8.92. The van der Waals surface area contributed by atoms with Crippen LogP contribution in [-0.4, -0.2) is 22.6 Å². The zero-order chi connectivity index (χ0) is 15.6. The molecule has 1 aromatic rings. The van der Waals surface area contributed by atoms with Gasteiger partial charge in [0.15, 0.2) is 0 Å². The summed E-state index contributed by atoms with van der Waals surface area (Å²) in [6.45, 7) is 5.46. The lowest BCUT2D eigenvalue weighted by molar-refractivity contribution is -0.148. The number of ether oxygens (including phenoxy) is 1. The Kier molecular flexibility index (Phi) is 4.16. The van der Waals surface area contributed by atoms with Crippen molar-refractivity contribution < 1.29 is 19.4 Å². The molecule has 4 heteroatoms. The van der Waals surface area contributed by atoms with Gasteiger partial charge in [0.2, 0.25) is 0 Å². The van der Waals surface area contributed by atoms with Gasteiger partial charge in [-0.2, -0.15) is 0 Å². The summed E-state index contributed by atoms with van der Waals surface area (Å²) < 4.78 is 5.18. The van der Waals surface area contributed by atoms with Crippen molar-refractivity contribution in [2.75, 3.05) is 0 Å². The van der Waals surface area contributed by atoms with Crippen LogP contribution in [0.5, 0.6) is 0 Å². The Balaban J connectivity index is 1.94. The highest BCUT2D eigenvalue weighted by molar-refractivity contribution is 5.87. The fraction of sp³-hybridized carbons (Fsp3) is 0.412. The molecule has 2 unspecified atom stereocenters. The van der Waals surface area contributed by atoms with Crippen LogP contribution in [0.25, 0.3) is 6.08 Å². The summed E-state index contributed by atoms with van der Waals surface area (Å²) >= 11 is 0. The van der Waals surface area contributed by atoms with Crippen LogP contribution in [0.1, 0.15) is 44.2 Å².